The molecule has 0 fully saturated rings. The molecule has 2 unspecified atom stereocenters. The smallest absolute Gasteiger partial charge is 0.136 e. The molecule has 2 aromatic carbocycles. The van der Waals surface area contributed by atoms with Crippen molar-refractivity contribution in [1.82, 2.24) is 0 Å². The maximum atomic E-state index is 13.9. The van der Waals surface area contributed by atoms with E-state index in [-0.39, 0.29) is 17.1 Å². The van der Waals surface area contributed by atoms with Crippen LogP contribution in [0.2, 0.25) is 0 Å². The first kappa shape index (κ1) is 15.9. The van der Waals surface area contributed by atoms with Crippen LogP contribution in [0.3, 0.4) is 0 Å². The molecule has 0 radical (unpaired) electrons. The predicted molar refractivity (Wildman–Crippen MR) is 86.3 cm³/mol. The minimum absolute atomic E-state index is 0.0527. The van der Waals surface area contributed by atoms with Crippen LogP contribution in [-0.4, -0.2) is 13.2 Å². The van der Waals surface area contributed by atoms with E-state index in [4.69, 9.17) is 10.5 Å². The van der Waals surface area contributed by atoms with Gasteiger partial charge in [0.05, 0.1) is 12.4 Å². The molecule has 2 rings (SSSR count). The normalized spacial score (nSPS) is 13.7. The van der Waals surface area contributed by atoms with Crippen molar-refractivity contribution in [2.24, 2.45) is 5.73 Å². The van der Waals surface area contributed by atoms with Crippen LogP contribution in [-0.2, 0) is 0 Å². The van der Waals surface area contributed by atoms with Crippen LogP contribution in [0, 0.1) is 5.82 Å². The number of ether oxygens (including phenoxy) is 1. The second-order valence-corrected chi connectivity index (χ2v) is 5.97. The highest BCUT2D eigenvalue weighted by Crippen LogP contribution is 2.42. The van der Waals surface area contributed by atoms with Gasteiger partial charge in [-0.05, 0) is 24.6 Å². The van der Waals surface area contributed by atoms with E-state index in [9.17, 15) is 4.39 Å². The molecule has 21 heavy (non-hydrogen) atoms. The second-order valence-electron chi connectivity index (χ2n) is 4.78. The van der Waals surface area contributed by atoms with Crippen LogP contribution in [0.1, 0.15) is 24.2 Å². The van der Waals surface area contributed by atoms with Gasteiger partial charge in [0.1, 0.15) is 11.6 Å². The van der Waals surface area contributed by atoms with Gasteiger partial charge in [0.25, 0.3) is 0 Å². The zero-order chi connectivity index (χ0) is 15.2. The van der Waals surface area contributed by atoms with Crippen molar-refractivity contribution < 1.29 is 9.13 Å². The number of methoxy groups -OCH3 is 1. The molecule has 0 bridgehead atoms. The first-order chi connectivity index (χ1) is 10.2. The maximum absolute atomic E-state index is 13.9. The van der Waals surface area contributed by atoms with E-state index in [1.54, 1.807) is 19.2 Å². The molecule has 0 aliphatic heterocycles. The van der Waals surface area contributed by atoms with Gasteiger partial charge in [-0.25, -0.2) is 4.39 Å². The number of rotatable bonds is 6. The molecule has 4 heteroatoms. The fourth-order valence-corrected chi connectivity index (χ4v) is 3.47. The lowest BCUT2D eigenvalue weighted by molar-refractivity contribution is 0.407. The van der Waals surface area contributed by atoms with E-state index < -0.39 is 0 Å². The third-order valence-electron chi connectivity index (χ3n) is 3.40. The molecule has 0 spiro atoms. The summed E-state index contributed by atoms with van der Waals surface area (Å²) in [5, 5.41) is -0.0527. The summed E-state index contributed by atoms with van der Waals surface area (Å²) in [6.45, 7) is 2.04. The van der Waals surface area contributed by atoms with Gasteiger partial charge in [-0.15, -0.1) is 11.8 Å². The van der Waals surface area contributed by atoms with Crippen LogP contribution in [0.5, 0.6) is 5.75 Å². The Morgan fingerprint density at radius 1 is 1.14 bits per heavy atom. The molecule has 2 atom stereocenters. The zero-order valence-electron chi connectivity index (χ0n) is 12.3. The van der Waals surface area contributed by atoms with E-state index in [0.717, 1.165) is 17.7 Å². The summed E-state index contributed by atoms with van der Waals surface area (Å²) in [6, 6.07) is 14.5. The average molecular weight is 305 g/mol. The Hall–Kier alpha value is -1.52. The van der Waals surface area contributed by atoms with E-state index in [1.807, 2.05) is 37.3 Å². The van der Waals surface area contributed by atoms with Gasteiger partial charge >= 0.3 is 0 Å². The molecule has 0 amide bonds. The summed E-state index contributed by atoms with van der Waals surface area (Å²) in [5.41, 5.74) is 7.27. The van der Waals surface area contributed by atoms with Crippen molar-refractivity contribution in [1.29, 1.82) is 0 Å². The Balaban J connectivity index is 2.37. The number of nitrogens with two attached hydrogens (primary N) is 1. The lowest BCUT2D eigenvalue weighted by Crippen LogP contribution is -2.26. The van der Waals surface area contributed by atoms with Gasteiger partial charge in [0.2, 0.25) is 0 Å². The van der Waals surface area contributed by atoms with Crippen molar-refractivity contribution in [3.05, 3.63) is 59.9 Å². The Labute approximate surface area is 129 Å². The molecule has 0 aromatic heterocycles. The Kier molecular flexibility index (Phi) is 5.65. The quantitative estimate of drug-likeness (QED) is 0.803. The van der Waals surface area contributed by atoms with Crippen LogP contribution in [0.15, 0.2) is 53.4 Å². The van der Waals surface area contributed by atoms with Gasteiger partial charge in [0, 0.05) is 16.5 Å². The summed E-state index contributed by atoms with van der Waals surface area (Å²) >= 11 is 1.45. The lowest BCUT2D eigenvalue weighted by Gasteiger charge is -2.24. The second kappa shape index (κ2) is 7.48. The van der Waals surface area contributed by atoms with Gasteiger partial charge in [-0.2, -0.15) is 0 Å². The first-order valence-corrected chi connectivity index (χ1v) is 7.85. The minimum Gasteiger partial charge on any atom is -0.496 e. The van der Waals surface area contributed by atoms with Gasteiger partial charge in [-0.1, -0.05) is 37.3 Å². The summed E-state index contributed by atoms with van der Waals surface area (Å²) in [6.07, 6.45) is 0.810. The SMILES string of the molecule is CCC(N)C(Sc1ccccc1F)c1ccccc1OC. The fourth-order valence-electron chi connectivity index (χ4n) is 2.17. The van der Waals surface area contributed by atoms with Crippen LogP contribution in [0.25, 0.3) is 0 Å². The number of thioether (sulfide) groups is 1. The largest absolute Gasteiger partial charge is 0.496 e. The Morgan fingerprint density at radius 3 is 2.48 bits per heavy atom. The van der Waals surface area contributed by atoms with Crippen molar-refractivity contribution in [3.63, 3.8) is 0 Å². The van der Waals surface area contributed by atoms with Crippen molar-refractivity contribution >= 4 is 11.8 Å². The standard InChI is InChI=1S/C17H20FNOS/c1-3-14(19)17(12-8-4-6-10-15(12)20-2)21-16-11-7-5-9-13(16)18/h4-11,14,17H,3,19H2,1-2H3. The predicted octanol–water partition coefficient (Wildman–Crippen LogP) is 4.41. The highest BCUT2D eigenvalue weighted by atomic mass is 32.2. The molecular formula is C17H20FNOS. The van der Waals surface area contributed by atoms with Crippen LogP contribution >= 0.6 is 11.8 Å². The third kappa shape index (κ3) is 3.77. The average Bonchev–Trinajstić information content (AvgIpc) is 2.53. The third-order valence-corrected chi connectivity index (χ3v) is 4.84. The molecule has 112 valence electrons. The lowest BCUT2D eigenvalue weighted by atomic mass is 10.0. The summed E-state index contributed by atoms with van der Waals surface area (Å²) in [7, 11) is 1.64. The Morgan fingerprint density at radius 2 is 1.81 bits per heavy atom. The summed E-state index contributed by atoms with van der Waals surface area (Å²) in [5.74, 6) is 0.570. The molecule has 0 aliphatic carbocycles. The first-order valence-electron chi connectivity index (χ1n) is 6.97. The Bertz CT molecular complexity index is 591. The van der Waals surface area contributed by atoms with Crippen LogP contribution in [0.4, 0.5) is 4.39 Å². The van der Waals surface area contributed by atoms with Gasteiger partial charge < -0.3 is 10.5 Å². The van der Waals surface area contributed by atoms with Gasteiger partial charge in [-0.3, -0.25) is 0 Å². The van der Waals surface area contributed by atoms with E-state index in [1.165, 1.54) is 17.8 Å². The number of halogens is 1. The van der Waals surface area contributed by atoms with Crippen molar-refractivity contribution in [2.75, 3.05) is 7.11 Å². The molecule has 0 saturated heterocycles. The fraction of sp³-hybridized carbons (Fsp3) is 0.294. The van der Waals surface area contributed by atoms with Crippen molar-refractivity contribution in [2.45, 2.75) is 29.5 Å². The summed E-state index contributed by atoms with van der Waals surface area (Å²) in [4.78, 5) is 0.609. The number of hydrogen-bond acceptors (Lipinski definition) is 3. The maximum Gasteiger partial charge on any atom is 0.136 e. The van der Waals surface area contributed by atoms with E-state index in [0.29, 0.717) is 4.90 Å². The monoisotopic (exact) mass is 305 g/mol. The minimum atomic E-state index is -0.217. The topological polar surface area (TPSA) is 35.2 Å². The van der Waals surface area contributed by atoms with E-state index in [2.05, 4.69) is 0 Å². The molecule has 2 nitrogen and oxygen atoms in total. The zero-order valence-corrected chi connectivity index (χ0v) is 13.1. The van der Waals surface area contributed by atoms with Crippen LogP contribution < -0.4 is 10.5 Å². The molecule has 0 saturated carbocycles. The molecule has 0 heterocycles. The van der Waals surface area contributed by atoms with Crippen molar-refractivity contribution in [3.8, 4) is 5.75 Å². The molecule has 2 aromatic rings. The van der Waals surface area contributed by atoms with Gasteiger partial charge in [0.15, 0.2) is 0 Å². The number of hydrogen-bond donors (Lipinski definition) is 1. The highest BCUT2D eigenvalue weighted by Gasteiger charge is 2.24. The summed E-state index contributed by atoms with van der Waals surface area (Å²) < 4.78 is 19.3. The number of para-hydroxylation sites is 1. The highest BCUT2D eigenvalue weighted by molar-refractivity contribution is 7.99. The number of benzene rings is 2. The van der Waals surface area contributed by atoms with E-state index >= 15 is 0 Å². The molecular weight excluding hydrogens is 285 g/mol. The molecule has 2 N–H and O–H groups in total. The molecule has 0 aliphatic rings.